The number of amidine groups is 1. The summed E-state index contributed by atoms with van der Waals surface area (Å²) < 4.78 is 11.5. The fraction of sp³-hybridized carbons (Fsp3) is 0.241. The molecule has 3 aromatic rings. The van der Waals surface area contributed by atoms with Gasteiger partial charge in [0.25, 0.3) is 5.91 Å². The van der Waals surface area contributed by atoms with Gasteiger partial charge >= 0.3 is 0 Å². The second kappa shape index (κ2) is 12.2. The summed E-state index contributed by atoms with van der Waals surface area (Å²) >= 11 is 7.36. The first-order chi connectivity index (χ1) is 17.5. The van der Waals surface area contributed by atoms with Crippen LogP contribution in [0.15, 0.2) is 76.6 Å². The largest absolute Gasteiger partial charge is 0.493 e. The molecule has 0 atom stereocenters. The molecule has 0 aromatic heterocycles. The van der Waals surface area contributed by atoms with E-state index in [1.807, 2.05) is 79.7 Å². The van der Waals surface area contributed by atoms with Crippen molar-refractivity contribution < 1.29 is 14.3 Å². The van der Waals surface area contributed by atoms with Crippen molar-refractivity contribution in [1.29, 1.82) is 0 Å². The summed E-state index contributed by atoms with van der Waals surface area (Å²) in [5, 5.41) is 1.40. The number of benzene rings is 3. The molecule has 1 aliphatic rings. The van der Waals surface area contributed by atoms with E-state index in [9.17, 15) is 4.79 Å². The molecule has 36 heavy (non-hydrogen) atoms. The first-order valence-corrected chi connectivity index (χ1v) is 13.1. The van der Waals surface area contributed by atoms with Gasteiger partial charge in [0.15, 0.2) is 16.7 Å². The van der Waals surface area contributed by atoms with Gasteiger partial charge in [0.1, 0.15) is 6.61 Å². The molecule has 1 fully saturated rings. The summed E-state index contributed by atoms with van der Waals surface area (Å²) in [7, 11) is 1.61. The SMILES string of the molecule is CCCCN1C(=O)/C(=C\c2ccc(OCc3ccc(Cl)cc3)c(OC)c2)SC1=Nc1ccc(C)cc1. The predicted octanol–water partition coefficient (Wildman–Crippen LogP) is 7.64. The average Bonchev–Trinajstić information content (AvgIpc) is 3.17. The number of thioether (sulfide) groups is 1. The van der Waals surface area contributed by atoms with Crippen LogP contribution in [-0.2, 0) is 11.4 Å². The van der Waals surface area contributed by atoms with Crippen LogP contribution in [0.1, 0.15) is 36.5 Å². The molecule has 4 rings (SSSR count). The molecule has 1 amide bonds. The number of nitrogens with zero attached hydrogens (tertiary/aromatic N) is 2. The Hall–Kier alpha value is -3.22. The van der Waals surface area contributed by atoms with Gasteiger partial charge in [-0.2, -0.15) is 0 Å². The highest BCUT2D eigenvalue weighted by atomic mass is 35.5. The molecule has 0 unspecified atom stereocenters. The van der Waals surface area contributed by atoms with E-state index in [2.05, 4.69) is 6.92 Å². The standard InChI is InChI=1S/C29H29ClN2O3S/c1-4-5-16-32-28(33)27(36-29(32)31-24-13-6-20(2)7-14-24)18-22-10-15-25(26(17-22)34-3)35-19-21-8-11-23(30)12-9-21/h6-15,17-18H,4-5,16,19H2,1-3H3/b27-18+,31-29?. The zero-order chi connectivity index (χ0) is 25.5. The molecule has 0 bridgehead atoms. The van der Waals surface area contributed by atoms with Crippen molar-refractivity contribution in [1.82, 2.24) is 4.90 Å². The number of unbranched alkanes of at least 4 members (excludes halogenated alkanes) is 1. The van der Waals surface area contributed by atoms with Gasteiger partial charge in [-0.3, -0.25) is 9.69 Å². The summed E-state index contributed by atoms with van der Waals surface area (Å²) in [6.07, 6.45) is 3.80. The number of rotatable bonds is 9. The fourth-order valence-electron chi connectivity index (χ4n) is 3.62. The van der Waals surface area contributed by atoms with Crippen molar-refractivity contribution in [2.45, 2.75) is 33.3 Å². The maximum Gasteiger partial charge on any atom is 0.266 e. The zero-order valence-corrected chi connectivity index (χ0v) is 22.2. The minimum absolute atomic E-state index is 0.0265. The molecule has 7 heteroatoms. The number of ether oxygens (including phenoxy) is 2. The summed E-state index contributed by atoms with van der Waals surface area (Å²) in [5.41, 5.74) is 3.87. The van der Waals surface area contributed by atoms with E-state index in [0.29, 0.717) is 39.7 Å². The summed E-state index contributed by atoms with van der Waals surface area (Å²) in [6.45, 7) is 5.20. The number of methoxy groups -OCH3 is 1. The third-order valence-corrected chi connectivity index (χ3v) is 6.93. The highest BCUT2D eigenvalue weighted by Gasteiger charge is 2.33. The van der Waals surface area contributed by atoms with Crippen LogP contribution in [0.4, 0.5) is 5.69 Å². The minimum Gasteiger partial charge on any atom is -0.493 e. The lowest BCUT2D eigenvalue weighted by atomic mass is 10.1. The third-order valence-electron chi connectivity index (χ3n) is 5.68. The number of aliphatic imine (C=N–C) groups is 1. The Morgan fingerprint density at radius 3 is 2.47 bits per heavy atom. The normalized spacial score (nSPS) is 15.7. The third kappa shape index (κ3) is 6.50. The van der Waals surface area contributed by atoms with Crippen LogP contribution in [0.25, 0.3) is 6.08 Å². The first-order valence-electron chi connectivity index (χ1n) is 11.9. The Bertz CT molecular complexity index is 1270. The van der Waals surface area contributed by atoms with Crippen LogP contribution < -0.4 is 9.47 Å². The van der Waals surface area contributed by atoms with Gasteiger partial charge in [-0.05, 0) is 78.7 Å². The van der Waals surface area contributed by atoms with Crippen molar-refractivity contribution in [2.24, 2.45) is 4.99 Å². The van der Waals surface area contributed by atoms with E-state index >= 15 is 0 Å². The van der Waals surface area contributed by atoms with E-state index < -0.39 is 0 Å². The molecular weight excluding hydrogens is 492 g/mol. The number of carbonyl (C=O) groups is 1. The van der Waals surface area contributed by atoms with Crippen LogP contribution >= 0.6 is 23.4 Å². The van der Waals surface area contributed by atoms with Crippen molar-refractivity contribution in [3.05, 3.63) is 93.3 Å². The number of carbonyl (C=O) groups excluding carboxylic acids is 1. The van der Waals surface area contributed by atoms with Gasteiger partial charge in [0.2, 0.25) is 0 Å². The Labute approximate surface area is 221 Å². The lowest BCUT2D eigenvalue weighted by Crippen LogP contribution is -2.30. The average molecular weight is 521 g/mol. The molecule has 0 N–H and O–H groups in total. The molecule has 0 radical (unpaired) electrons. The van der Waals surface area contributed by atoms with E-state index in [4.69, 9.17) is 26.1 Å². The molecule has 1 heterocycles. The van der Waals surface area contributed by atoms with Crippen molar-refractivity contribution in [3.63, 3.8) is 0 Å². The predicted molar refractivity (Wildman–Crippen MR) is 149 cm³/mol. The Balaban J connectivity index is 1.55. The number of hydrogen-bond acceptors (Lipinski definition) is 5. The highest BCUT2D eigenvalue weighted by molar-refractivity contribution is 8.18. The number of halogens is 1. The number of amides is 1. The molecule has 3 aromatic carbocycles. The summed E-state index contributed by atoms with van der Waals surface area (Å²) in [6, 6.07) is 21.2. The lowest BCUT2D eigenvalue weighted by Gasteiger charge is -2.14. The molecule has 5 nitrogen and oxygen atoms in total. The zero-order valence-electron chi connectivity index (χ0n) is 20.7. The van der Waals surface area contributed by atoms with Crippen LogP contribution in [-0.4, -0.2) is 29.6 Å². The van der Waals surface area contributed by atoms with Gasteiger partial charge in [-0.1, -0.05) is 60.8 Å². The van der Waals surface area contributed by atoms with Crippen molar-refractivity contribution in [2.75, 3.05) is 13.7 Å². The summed E-state index contributed by atoms with van der Waals surface area (Å²) in [4.78, 5) is 20.5. The van der Waals surface area contributed by atoms with Crippen molar-refractivity contribution in [3.8, 4) is 11.5 Å². The second-order valence-electron chi connectivity index (χ2n) is 8.48. The van der Waals surface area contributed by atoms with Crippen LogP contribution in [0.3, 0.4) is 0 Å². The van der Waals surface area contributed by atoms with E-state index in [1.165, 1.54) is 17.3 Å². The first kappa shape index (κ1) is 25.9. The molecule has 1 saturated heterocycles. The summed E-state index contributed by atoms with van der Waals surface area (Å²) in [5.74, 6) is 1.21. The van der Waals surface area contributed by atoms with Crippen molar-refractivity contribution >= 4 is 46.2 Å². The smallest absolute Gasteiger partial charge is 0.266 e. The topological polar surface area (TPSA) is 51.1 Å². The van der Waals surface area contributed by atoms with Gasteiger partial charge in [0, 0.05) is 11.6 Å². The van der Waals surface area contributed by atoms with Crippen LogP contribution in [0.2, 0.25) is 5.02 Å². The quantitative estimate of drug-likeness (QED) is 0.272. The van der Waals surface area contributed by atoms with Gasteiger partial charge in [-0.25, -0.2) is 4.99 Å². The Morgan fingerprint density at radius 2 is 1.78 bits per heavy atom. The second-order valence-corrected chi connectivity index (χ2v) is 9.92. The van der Waals surface area contributed by atoms with E-state index in [0.717, 1.165) is 29.7 Å². The fourth-order valence-corrected chi connectivity index (χ4v) is 4.77. The molecule has 0 spiro atoms. The van der Waals surface area contributed by atoms with Gasteiger partial charge in [-0.15, -0.1) is 0 Å². The lowest BCUT2D eigenvalue weighted by molar-refractivity contribution is -0.122. The maximum absolute atomic E-state index is 13.3. The molecule has 0 saturated carbocycles. The van der Waals surface area contributed by atoms with Crippen LogP contribution in [0, 0.1) is 6.92 Å². The number of hydrogen-bond donors (Lipinski definition) is 0. The molecule has 1 aliphatic heterocycles. The van der Waals surface area contributed by atoms with Gasteiger partial charge in [0.05, 0.1) is 17.7 Å². The monoisotopic (exact) mass is 520 g/mol. The molecular formula is C29H29ClN2O3S. The molecule has 186 valence electrons. The maximum atomic E-state index is 13.3. The Morgan fingerprint density at radius 1 is 1.03 bits per heavy atom. The van der Waals surface area contributed by atoms with Crippen LogP contribution in [0.5, 0.6) is 11.5 Å². The minimum atomic E-state index is -0.0265. The number of aryl methyl sites for hydroxylation is 1. The van der Waals surface area contributed by atoms with Gasteiger partial charge < -0.3 is 9.47 Å². The highest BCUT2D eigenvalue weighted by Crippen LogP contribution is 2.36. The molecule has 0 aliphatic carbocycles. The van der Waals surface area contributed by atoms with E-state index in [1.54, 1.807) is 12.0 Å². The Kier molecular flexibility index (Phi) is 8.73. The van der Waals surface area contributed by atoms with E-state index in [-0.39, 0.29) is 5.91 Å².